The first kappa shape index (κ1) is 25.4. The van der Waals surface area contributed by atoms with Crippen LogP contribution in [0.2, 0.25) is 0 Å². The van der Waals surface area contributed by atoms with Gasteiger partial charge in [-0.1, -0.05) is 31.2 Å². The van der Waals surface area contributed by atoms with Crippen LogP contribution in [0.15, 0.2) is 42.6 Å². The number of aromatic nitrogens is 1. The van der Waals surface area contributed by atoms with Gasteiger partial charge in [-0.3, -0.25) is 9.69 Å². The maximum absolute atomic E-state index is 13.4. The van der Waals surface area contributed by atoms with E-state index in [9.17, 15) is 19.8 Å². The molecular formula is C26H33N3O5. The predicted molar refractivity (Wildman–Crippen MR) is 130 cm³/mol. The largest absolute Gasteiger partial charge is 0.478 e. The zero-order valence-corrected chi connectivity index (χ0v) is 20.1. The van der Waals surface area contributed by atoms with Crippen LogP contribution in [-0.4, -0.2) is 75.8 Å². The molecule has 1 aliphatic rings. The number of rotatable bonds is 8. The Kier molecular flexibility index (Phi) is 8.41. The fourth-order valence-corrected chi connectivity index (χ4v) is 4.11. The first-order valence-corrected chi connectivity index (χ1v) is 11.5. The Bertz CT molecular complexity index is 1050. The van der Waals surface area contributed by atoms with E-state index in [1.54, 1.807) is 35.4 Å². The topological polar surface area (TPSA) is 103 Å². The van der Waals surface area contributed by atoms with Crippen LogP contribution in [0.25, 0.3) is 6.08 Å². The fraction of sp³-hybridized carbons (Fsp3) is 0.423. The first-order valence-electron chi connectivity index (χ1n) is 11.5. The minimum absolute atomic E-state index is 0.0316. The highest BCUT2D eigenvalue weighted by molar-refractivity contribution is 5.97. The van der Waals surface area contributed by atoms with Crippen molar-refractivity contribution < 1.29 is 24.5 Å². The van der Waals surface area contributed by atoms with Gasteiger partial charge in [0, 0.05) is 31.7 Å². The quantitative estimate of drug-likeness (QED) is 0.615. The van der Waals surface area contributed by atoms with Crippen LogP contribution < -0.4 is 4.74 Å². The molecule has 1 aromatic heterocycles. The number of aromatic carboxylic acids is 1. The van der Waals surface area contributed by atoms with Crippen LogP contribution in [-0.2, 0) is 6.54 Å². The number of nitrogens with zero attached hydrogens (tertiary/aromatic N) is 3. The van der Waals surface area contributed by atoms with E-state index in [1.165, 1.54) is 0 Å². The normalized spacial score (nSPS) is 19.5. The number of ether oxygens (including phenoxy) is 1. The molecule has 8 heteroatoms. The molecule has 3 atom stereocenters. The number of likely N-dealkylation sites (N-methyl/N-ethyl adjacent to an activating group) is 1. The molecule has 182 valence electrons. The van der Waals surface area contributed by atoms with E-state index in [1.807, 2.05) is 46.0 Å². The van der Waals surface area contributed by atoms with E-state index >= 15 is 0 Å². The first-order chi connectivity index (χ1) is 16.2. The third kappa shape index (κ3) is 6.01. The molecule has 2 aromatic rings. The molecule has 0 fully saturated rings. The molecule has 2 heterocycles. The number of benzene rings is 1. The number of pyridine rings is 1. The fourth-order valence-electron chi connectivity index (χ4n) is 4.11. The van der Waals surface area contributed by atoms with E-state index in [-0.39, 0.29) is 42.0 Å². The summed E-state index contributed by atoms with van der Waals surface area (Å²) in [6.07, 6.45) is 5.16. The summed E-state index contributed by atoms with van der Waals surface area (Å²) >= 11 is 0. The molecule has 8 nitrogen and oxygen atoms in total. The summed E-state index contributed by atoms with van der Waals surface area (Å²) in [5, 5.41) is 19.0. The van der Waals surface area contributed by atoms with Crippen LogP contribution in [0.3, 0.4) is 0 Å². The van der Waals surface area contributed by atoms with Crippen molar-refractivity contribution in [2.75, 3.05) is 26.7 Å². The van der Waals surface area contributed by atoms with Crippen LogP contribution in [0.4, 0.5) is 0 Å². The zero-order chi connectivity index (χ0) is 24.8. The van der Waals surface area contributed by atoms with Crippen molar-refractivity contribution in [1.29, 1.82) is 0 Å². The Balaban J connectivity index is 1.87. The standard InChI is InChI=1S/C26H33N3O5/c1-5-7-19-11-22-24(27-12-19)34-23(17(2)13-29(25(22)31)18(3)16-30)15-28(4)14-20-8-6-9-21(10-20)26(32)33/h5-12,17-18,23,30H,13-16H2,1-4H3,(H,32,33)/t17-,18-,23-/m0/s1. The molecule has 0 radical (unpaired) electrons. The van der Waals surface area contributed by atoms with Gasteiger partial charge < -0.3 is 19.8 Å². The number of carboxylic acids is 1. The second-order valence-electron chi connectivity index (χ2n) is 8.95. The number of fused-ring (bicyclic) bond motifs is 1. The van der Waals surface area contributed by atoms with Gasteiger partial charge in [0.15, 0.2) is 0 Å². The number of aliphatic hydroxyl groups excluding tert-OH is 1. The maximum atomic E-state index is 13.4. The maximum Gasteiger partial charge on any atom is 0.335 e. The Morgan fingerprint density at radius 1 is 1.38 bits per heavy atom. The zero-order valence-electron chi connectivity index (χ0n) is 20.1. The number of carboxylic acid groups (broad SMARTS) is 1. The van der Waals surface area contributed by atoms with Gasteiger partial charge in [-0.15, -0.1) is 0 Å². The summed E-state index contributed by atoms with van der Waals surface area (Å²) in [6.45, 7) is 7.13. The number of carbonyl (C=O) groups is 2. The molecule has 0 bridgehead atoms. The van der Waals surface area contributed by atoms with Gasteiger partial charge in [0.25, 0.3) is 5.91 Å². The lowest BCUT2D eigenvalue weighted by atomic mass is 9.99. The number of carbonyl (C=O) groups excluding carboxylic acids is 1. The average Bonchev–Trinajstić information content (AvgIpc) is 2.81. The summed E-state index contributed by atoms with van der Waals surface area (Å²) in [4.78, 5) is 32.9. The van der Waals surface area contributed by atoms with Gasteiger partial charge in [0.2, 0.25) is 5.88 Å². The van der Waals surface area contributed by atoms with Gasteiger partial charge in [-0.05, 0) is 50.2 Å². The molecule has 0 unspecified atom stereocenters. The van der Waals surface area contributed by atoms with Gasteiger partial charge in [0.05, 0.1) is 18.2 Å². The van der Waals surface area contributed by atoms with Crippen molar-refractivity contribution in [2.45, 2.75) is 39.5 Å². The average molecular weight is 468 g/mol. The number of hydrogen-bond donors (Lipinski definition) is 2. The van der Waals surface area contributed by atoms with Crippen LogP contribution in [0.5, 0.6) is 5.88 Å². The van der Waals surface area contributed by atoms with Gasteiger partial charge >= 0.3 is 5.97 Å². The lowest BCUT2D eigenvalue weighted by Crippen LogP contribution is -2.49. The Hall–Kier alpha value is -3.23. The molecule has 0 spiro atoms. The molecule has 0 saturated carbocycles. The monoisotopic (exact) mass is 467 g/mol. The molecule has 34 heavy (non-hydrogen) atoms. The lowest BCUT2D eigenvalue weighted by Gasteiger charge is -2.37. The van der Waals surface area contributed by atoms with Crippen molar-refractivity contribution in [3.05, 3.63) is 64.9 Å². The van der Waals surface area contributed by atoms with Crippen molar-refractivity contribution in [3.8, 4) is 5.88 Å². The summed E-state index contributed by atoms with van der Waals surface area (Å²) in [6, 6.07) is 8.31. The SMILES string of the molecule is CC=Cc1cnc2c(c1)C(=O)N([C@@H](C)CO)C[C@H](C)[C@H](CN(C)Cc1cccc(C(=O)O)c1)O2. The molecule has 0 aliphatic carbocycles. The van der Waals surface area contributed by atoms with Gasteiger partial charge in [-0.25, -0.2) is 9.78 Å². The molecule has 3 rings (SSSR count). The van der Waals surface area contributed by atoms with Crippen LogP contribution in [0, 0.1) is 5.92 Å². The second kappa shape index (κ2) is 11.3. The molecular weight excluding hydrogens is 434 g/mol. The van der Waals surface area contributed by atoms with Crippen molar-refractivity contribution in [1.82, 2.24) is 14.8 Å². The molecule has 1 amide bonds. The smallest absolute Gasteiger partial charge is 0.335 e. The molecule has 0 saturated heterocycles. The predicted octanol–water partition coefficient (Wildman–Crippen LogP) is 3.17. The highest BCUT2D eigenvalue weighted by atomic mass is 16.5. The number of allylic oxidation sites excluding steroid dienone is 1. The Morgan fingerprint density at radius 3 is 2.82 bits per heavy atom. The van der Waals surface area contributed by atoms with E-state index in [0.717, 1.165) is 11.1 Å². The van der Waals surface area contributed by atoms with Crippen LogP contribution >= 0.6 is 0 Å². The molecule has 1 aromatic carbocycles. The van der Waals surface area contributed by atoms with E-state index in [4.69, 9.17) is 4.74 Å². The lowest BCUT2D eigenvalue weighted by molar-refractivity contribution is 0.0325. The highest BCUT2D eigenvalue weighted by Gasteiger charge is 2.34. The summed E-state index contributed by atoms with van der Waals surface area (Å²) in [7, 11) is 1.95. The van der Waals surface area contributed by atoms with E-state index in [2.05, 4.69) is 9.88 Å². The molecule has 1 aliphatic heterocycles. The van der Waals surface area contributed by atoms with Gasteiger partial charge in [-0.2, -0.15) is 0 Å². The minimum atomic E-state index is -0.954. The number of hydrogen-bond acceptors (Lipinski definition) is 6. The van der Waals surface area contributed by atoms with E-state index in [0.29, 0.717) is 25.2 Å². The highest BCUT2D eigenvalue weighted by Crippen LogP contribution is 2.28. The third-order valence-corrected chi connectivity index (χ3v) is 6.02. The van der Waals surface area contributed by atoms with Gasteiger partial charge in [0.1, 0.15) is 11.7 Å². The van der Waals surface area contributed by atoms with Crippen molar-refractivity contribution >= 4 is 18.0 Å². The minimum Gasteiger partial charge on any atom is -0.478 e. The van der Waals surface area contributed by atoms with Crippen molar-refractivity contribution in [2.24, 2.45) is 5.92 Å². The second-order valence-corrected chi connectivity index (χ2v) is 8.95. The Labute approximate surface area is 200 Å². The third-order valence-electron chi connectivity index (χ3n) is 6.02. The summed E-state index contributed by atoms with van der Waals surface area (Å²) in [5.74, 6) is -0.911. The Morgan fingerprint density at radius 2 is 2.15 bits per heavy atom. The molecule has 2 N–H and O–H groups in total. The van der Waals surface area contributed by atoms with E-state index < -0.39 is 5.97 Å². The summed E-state index contributed by atoms with van der Waals surface area (Å²) in [5.41, 5.74) is 2.32. The van der Waals surface area contributed by atoms with Crippen molar-refractivity contribution in [3.63, 3.8) is 0 Å². The number of aliphatic hydroxyl groups is 1. The van der Waals surface area contributed by atoms with Crippen LogP contribution in [0.1, 0.15) is 52.6 Å². The summed E-state index contributed by atoms with van der Waals surface area (Å²) < 4.78 is 6.30. The number of amides is 1.